The summed E-state index contributed by atoms with van der Waals surface area (Å²) in [5, 5.41) is 5.35. The lowest BCUT2D eigenvalue weighted by Crippen LogP contribution is -2.22. The van der Waals surface area contributed by atoms with Crippen LogP contribution in [-0.2, 0) is 12.7 Å². The van der Waals surface area contributed by atoms with Crippen LogP contribution < -0.4 is 0 Å². The minimum absolute atomic E-state index is 0.00255. The van der Waals surface area contributed by atoms with Crippen molar-refractivity contribution in [2.75, 3.05) is 0 Å². The van der Waals surface area contributed by atoms with E-state index in [0.29, 0.717) is 0 Å². The van der Waals surface area contributed by atoms with Crippen molar-refractivity contribution in [3.63, 3.8) is 0 Å². The summed E-state index contributed by atoms with van der Waals surface area (Å²) in [5.74, 6) is -0.970. The van der Waals surface area contributed by atoms with Crippen molar-refractivity contribution in [2.45, 2.75) is 33.5 Å². The van der Waals surface area contributed by atoms with Gasteiger partial charge in [-0.25, -0.2) is 0 Å². The fourth-order valence-electron chi connectivity index (χ4n) is 1.16. The van der Waals surface area contributed by atoms with Crippen LogP contribution in [0, 0.1) is 10.2 Å². The summed E-state index contributed by atoms with van der Waals surface area (Å²) in [4.78, 5) is 0. The molecule has 1 rings (SSSR count). The zero-order valence-electron chi connectivity index (χ0n) is 8.64. The first-order valence-corrected chi connectivity index (χ1v) is 4.74. The van der Waals surface area contributed by atoms with Crippen LogP contribution in [0.3, 0.4) is 0 Å². The number of aromatic amines is 1. The van der Waals surface area contributed by atoms with Crippen LogP contribution in [0.1, 0.15) is 26.6 Å². The molecule has 0 bridgehead atoms. The van der Waals surface area contributed by atoms with Gasteiger partial charge in [-0.3, -0.25) is 9.67 Å². The summed E-state index contributed by atoms with van der Waals surface area (Å²) in [7, 11) is 0. The number of alkyl halides is 3. The molecule has 0 saturated carbocycles. The third-order valence-electron chi connectivity index (χ3n) is 1.64. The highest BCUT2D eigenvalue weighted by atomic mass is 32.1. The number of nitrogens with one attached hydrogen (secondary N) is 1. The van der Waals surface area contributed by atoms with E-state index in [4.69, 9.17) is 12.2 Å². The van der Waals surface area contributed by atoms with Gasteiger partial charge in [0.25, 0.3) is 0 Å². The van der Waals surface area contributed by atoms with Gasteiger partial charge in [0.15, 0.2) is 4.77 Å². The van der Waals surface area contributed by atoms with E-state index < -0.39 is 12.0 Å². The van der Waals surface area contributed by atoms with E-state index in [0.717, 1.165) is 4.57 Å². The molecular weight excluding hydrogens is 227 g/mol. The van der Waals surface area contributed by atoms with Crippen LogP contribution in [0.4, 0.5) is 13.2 Å². The average molecular weight is 239 g/mol. The Hall–Kier alpha value is -0.850. The molecule has 0 aliphatic rings. The second-order valence-corrected chi connectivity index (χ2v) is 4.88. The Kier molecular flexibility index (Phi) is 2.95. The molecule has 0 aliphatic carbocycles. The predicted molar refractivity (Wildman–Crippen MR) is 51.9 cm³/mol. The third kappa shape index (κ3) is 3.05. The van der Waals surface area contributed by atoms with E-state index in [1.54, 1.807) is 0 Å². The Morgan fingerprint density at radius 2 is 1.87 bits per heavy atom. The zero-order valence-corrected chi connectivity index (χ0v) is 9.46. The van der Waals surface area contributed by atoms with Crippen molar-refractivity contribution in [3.05, 3.63) is 10.6 Å². The standard InChI is InChI=1S/C8H12F3N3S/c1-7(2,3)4-14-5(8(9,10)11)12-13-6(14)15/h4H2,1-3H3,(H,13,15). The summed E-state index contributed by atoms with van der Waals surface area (Å²) in [6.45, 7) is 5.68. The first-order chi connectivity index (χ1) is 6.61. The largest absolute Gasteiger partial charge is 0.451 e. The molecule has 1 heterocycles. The lowest BCUT2D eigenvalue weighted by Gasteiger charge is -2.20. The lowest BCUT2D eigenvalue weighted by molar-refractivity contribution is -0.148. The summed E-state index contributed by atoms with van der Waals surface area (Å²) < 4.78 is 38.4. The van der Waals surface area contributed by atoms with Gasteiger partial charge in [0, 0.05) is 6.54 Å². The lowest BCUT2D eigenvalue weighted by atomic mass is 9.97. The monoisotopic (exact) mass is 239 g/mol. The molecule has 0 unspecified atom stereocenters. The molecule has 0 aliphatic heterocycles. The van der Waals surface area contributed by atoms with E-state index in [1.165, 1.54) is 0 Å². The summed E-state index contributed by atoms with van der Waals surface area (Å²) >= 11 is 4.75. The van der Waals surface area contributed by atoms with E-state index in [2.05, 4.69) is 10.2 Å². The molecule has 0 atom stereocenters. The molecule has 1 aromatic rings. The van der Waals surface area contributed by atoms with Crippen molar-refractivity contribution < 1.29 is 13.2 Å². The molecule has 0 fully saturated rings. The third-order valence-corrected chi connectivity index (χ3v) is 1.96. The van der Waals surface area contributed by atoms with Crippen LogP contribution in [0.25, 0.3) is 0 Å². The number of rotatable bonds is 1. The predicted octanol–water partition coefficient (Wildman–Crippen LogP) is 3.01. The maximum absolute atomic E-state index is 12.5. The molecule has 0 radical (unpaired) electrons. The molecule has 15 heavy (non-hydrogen) atoms. The number of H-pyrrole nitrogens is 1. The van der Waals surface area contributed by atoms with Crippen molar-refractivity contribution in [1.82, 2.24) is 14.8 Å². The SMILES string of the molecule is CC(C)(C)Cn1c(C(F)(F)F)n[nH]c1=S. The highest BCUT2D eigenvalue weighted by molar-refractivity contribution is 7.71. The first kappa shape index (κ1) is 12.2. The van der Waals surface area contributed by atoms with Gasteiger partial charge >= 0.3 is 6.18 Å². The fraction of sp³-hybridized carbons (Fsp3) is 0.750. The highest BCUT2D eigenvalue weighted by Crippen LogP contribution is 2.29. The summed E-state index contributed by atoms with van der Waals surface area (Å²) in [5.41, 5.74) is -0.290. The maximum atomic E-state index is 12.5. The van der Waals surface area contributed by atoms with Crippen molar-refractivity contribution >= 4 is 12.2 Å². The van der Waals surface area contributed by atoms with Crippen LogP contribution in [0.5, 0.6) is 0 Å². The molecule has 0 aromatic carbocycles. The van der Waals surface area contributed by atoms with Crippen molar-refractivity contribution in [3.8, 4) is 0 Å². The molecule has 86 valence electrons. The van der Waals surface area contributed by atoms with Crippen LogP contribution >= 0.6 is 12.2 Å². The van der Waals surface area contributed by atoms with Crippen LogP contribution in [0.2, 0.25) is 0 Å². The zero-order chi connectivity index (χ0) is 11.9. The number of hydrogen-bond donors (Lipinski definition) is 1. The van der Waals surface area contributed by atoms with Gasteiger partial charge in [0.2, 0.25) is 5.82 Å². The number of nitrogens with zero attached hydrogens (tertiary/aromatic N) is 2. The highest BCUT2D eigenvalue weighted by Gasteiger charge is 2.37. The topological polar surface area (TPSA) is 33.6 Å². The normalized spacial score (nSPS) is 13.2. The van der Waals surface area contributed by atoms with Crippen LogP contribution in [-0.4, -0.2) is 14.8 Å². The van der Waals surface area contributed by atoms with Gasteiger partial charge in [-0.2, -0.15) is 13.2 Å². The molecular formula is C8H12F3N3S. The minimum atomic E-state index is -4.47. The first-order valence-electron chi connectivity index (χ1n) is 4.34. The Bertz CT molecular complexity index is 396. The summed E-state index contributed by atoms with van der Waals surface area (Å²) in [6.07, 6.45) is -4.47. The van der Waals surface area contributed by atoms with Crippen molar-refractivity contribution in [2.24, 2.45) is 5.41 Å². The number of aromatic nitrogens is 3. The second-order valence-electron chi connectivity index (χ2n) is 4.50. The Morgan fingerprint density at radius 3 is 2.27 bits per heavy atom. The molecule has 3 nitrogen and oxygen atoms in total. The average Bonchev–Trinajstić information content (AvgIpc) is 2.28. The van der Waals surface area contributed by atoms with E-state index in [-0.39, 0.29) is 16.7 Å². The molecule has 1 aromatic heterocycles. The van der Waals surface area contributed by atoms with Gasteiger partial charge in [-0.15, -0.1) is 5.10 Å². The Balaban J connectivity index is 3.17. The second kappa shape index (κ2) is 3.62. The van der Waals surface area contributed by atoms with Gasteiger partial charge < -0.3 is 0 Å². The molecule has 0 saturated heterocycles. The Labute approximate surface area is 90.3 Å². The minimum Gasteiger partial charge on any atom is -0.296 e. The van der Waals surface area contributed by atoms with Gasteiger partial charge in [0.05, 0.1) is 0 Å². The maximum Gasteiger partial charge on any atom is 0.451 e. The molecule has 0 amide bonds. The van der Waals surface area contributed by atoms with E-state index in [1.807, 2.05) is 20.8 Å². The van der Waals surface area contributed by atoms with Crippen molar-refractivity contribution in [1.29, 1.82) is 0 Å². The van der Waals surface area contributed by atoms with Gasteiger partial charge in [0.1, 0.15) is 0 Å². The van der Waals surface area contributed by atoms with Gasteiger partial charge in [-0.1, -0.05) is 20.8 Å². The number of hydrogen-bond acceptors (Lipinski definition) is 2. The summed E-state index contributed by atoms with van der Waals surface area (Å²) in [6, 6.07) is 0. The Morgan fingerprint density at radius 1 is 1.33 bits per heavy atom. The molecule has 1 N–H and O–H groups in total. The van der Waals surface area contributed by atoms with Crippen LogP contribution in [0.15, 0.2) is 0 Å². The quantitative estimate of drug-likeness (QED) is 0.764. The van der Waals surface area contributed by atoms with E-state index >= 15 is 0 Å². The number of halogens is 3. The molecule has 7 heteroatoms. The van der Waals surface area contributed by atoms with Gasteiger partial charge in [-0.05, 0) is 17.6 Å². The fourth-order valence-corrected chi connectivity index (χ4v) is 1.35. The molecule has 0 spiro atoms. The smallest absolute Gasteiger partial charge is 0.296 e. The van der Waals surface area contributed by atoms with E-state index in [9.17, 15) is 13.2 Å².